The van der Waals surface area contributed by atoms with Crippen LogP contribution in [0.5, 0.6) is 0 Å². The van der Waals surface area contributed by atoms with E-state index in [0.717, 1.165) is 24.0 Å². The molecule has 0 amide bonds. The molecular weight excluding hydrogens is 220 g/mol. The number of rotatable bonds is 1. The summed E-state index contributed by atoms with van der Waals surface area (Å²) in [6.45, 7) is 2.14. The van der Waals surface area contributed by atoms with Crippen molar-refractivity contribution in [1.29, 1.82) is 0 Å². The molecule has 0 heterocycles. The first-order chi connectivity index (χ1) is 7.66. The summed E-state index contributed by atoms with van der Waals surface area (Å²) in [6, 6.07) is 9.92. The molecule has 0 N–H and O–H groups in total. The Morgan fingerprint density at radius 1 is 1.31 bits per heavy atom. The predicted molar refractivity (Wildman–Crippen MR) is 67.5 cm³/mol. The van der Waals surface area contributed by atoms with Crippen molar-refractivity contribution < 1.29 is 4.79 Å². The van der Waals surface area contributed by atoms with Gasteiger partial charge in [-0.05, 0) is 36.0 Å². The van der Waals surface area contributed by atoms with Crippen molar-refractivity contribution in [2.45, 2.75) is 25.1 Å². The van der Waals surface area contributed by atoms with Gasteiger partial charge >= 0.3 is 0 Å². The molecule has 2 atom stereocenters. The number of ketones is 1. The zero-order valence-electron chi connectivity index (χ0n) is 9.32. The van der Waals surface area contributed by atoms with Crippen LogP contribution in [0.4, 0.5) is 0 Å². The molecule has 0 bridgehead atoms. The minimum Gasteiger partial charge on any atom is -0.293 e. The van der Waals surface area contributed by atoms with E-state index >= 15 is 0 Å². The summed E-state index contributed by atoms with van der Waals surface area (Å²) in [4.78, 5) is 11.9. The molecule has 1 fully saturated rings. The average Bonchev–Trinajstić information content (AvgIpc) is 2.27. The molecule has 1 aromatic rings. The molecule has 1 aliphatic rings. The van der Waals surface area contributed by atoms with Gasteiger partial charge in [0.05, 0.1) is 5.38 Å². The molecule has 1 aliphatic carbocycles. The number of hydrogen-bond donors (Lipinski definition) is 0. The Hall–Kier alpha value is -1.08. The lowest BCUT2D eigenvalue weighted by atomic mass is 9.84. The van der Waals surface area contributed by atoms with E-state index < -0.39 is 0 Å². The molecule has 0 spiro atoms. The molecule has 0 aliphatic heterocycles. The molecule has 1 nitrogen and oxygen atoms in total. The molecule has 16 heavy (non-hydrogen) atoms. The van der Waals surface area contributed by atoms with Crippen molar-refractivity contribution in [2.75, 3.05) is 0 Å². The van der Waals surface area contributed by atoms with Crippen LogP contribution in [0.25, 0.3) is 6.08 Å². The highest BCUT2D eigenvalue weighted by Gasteiger charge is 2.28. The third-order valence-corrected chi connectivity index (χ3v) is 3.30. The van der Waals surface area contributed by atoms with Gasteiger partial charge in [0.25, 0.3) is 0 Å². The van der Waals surface area contributed by atoms with E-state index in [0.29, 0.717) is 5.92 Å². The number of allylic oxidation sites excluding steroid dienone is 1. The van der Waals surface area contributed by atoms with Gasteiger partial charge in [-0.25, -0.2) is 0 Å². The van der Waals surface area contributed by atoms with Gasteiger partial charge in [0.15, 0.2) is 5.78 Å². The number of carbonyl (C=O) groups is 1. The van der Waals surface area contributed by atoms with Gasteiger partial charge < -0.3 is 0 Å². The number of alkyl halides is 1. The van der Waals surface area contributed by atoms with Gasteiger partial charge in [0, 0.05) is 0 Å². The molecule has 2 unspecified atom stereocenters. The normalized spacial score (nSPS) is 28.4. The molecule has 0 aromatic heterocycles. The second-order valence-corrected chi connectivity index (χ2v) is 4.98. The first-order valence-corrected chi connectivity index (χ1v) is 6.04. The lowest BCUT2D eigenvalue weighted by Gasteiger charge is -2.23. The first-order valence-electron chi connectivity index (χ1n) is 5.60. The molecule has 1 aromatic carbocycles. The highest BCUT2D eigenvalue weighted by Crippen LogP contribution is 2.30. The third-order valence-electron chi connectivity index (χ3n) is 2.92. The van der Waals surface area contributed by atoms with E-state index in [1.165, 1.54) is 0 Å². The number of benzene rings is 1. The second kappa shape index (κ2) is 4.84. The highest BCUT2D eigenvalue weighted by molar-refractivity contribution is 6.34. The lowest BCUT2D eigenvalue weighted by molar-refractivity contribution is -0.116. The van der Waals surface area contributed by atoms with E-state index in [-0.39, 0.29) is 11.2 Å². The summed E-state index contributed by atoms with van der Waals surface area (Å²) in [5.74, 6) is 0.596. The first kappa shape index (κ1) is 11.4. The minimum absolute atomic E-state index is 0.101. The van der Waals surface area contributed by atoms with Crippen LogP contribution in [0, 0.1) is 5.92 Å². The maximum Gasteiger partial charge on any atom is 0.176 e. The van der Waals surface area contributed by atoms with Crippen LogP contribution >= 0.6 is 11.6 Å². The van der Waals surface area contributed by atoms with Crippen LogP contribution in [-0.2, 0) is 4.79 Å². The largest absolute Gasteiger partial charge is 0.293 e. The number of halogens is 1. The average molecular weight is 235 g/mol. The Bertz CT molecular complexity index is 408. The highest BCUT2D eigenvalue weighted by atomic mass is 35.5. The van der Waals surface area contributed by atoms with Gasteiger partial charge in [0.2, 0.25) is 0 Å². The Morgan fingerprint density at radius 2 is 2.00 bits per heavy atom. The van der Waals surface area contributed by atoms with E-state index in [2.05, 4.69) is 6.92 Å². The van der Waals surface area contributed by atoms with Gasteiger partial charge in [-0.15, -0.1) is 11.6 Å². The molecule has 1 saturated carbocycles. The van der Waals surface area contributed by atoms with Gasteiger partial charge in [-0.1, -0.05) is 37.3 Å². The molecule has 0 radical (unpaired) electrons. The molecule has 2 heteroatoms. The number of Topliss-reactive ketones (excluding diaryl/α,β-unsaturated/α-hetero) is 1. The van der Waals surface area contributed by atoms with Crippen molar-refractivity contribution in [3.8, 4) is 0 Å². The Balaban J connectivity index is 2.25. The zero-order chi connectivity index (χ0) is 11.5. The van der Waals surface area contributed by atoms with Gasteiger partial charge in [0.1, 0.15) is 0 Å². The second-order valence-electron chi connectivity index (χ2n) is 4.46. The summed E-state index contributed by atoms with van der Waals surface area (Å²) in [5, 5.41) is -0.335. The molecular formula is C14H15ClO. The van der Waals surface area contributed by atoms with Crippen LogP contribution in [0.3, 0.4) is 0 Å². The fraction of sp³-hybridized carbons (Fsp3) is 0.357. The van der Waals surface area contributed by atoms with Crippen molar-refractivity contribution in [3.63, 3.8) is 0 Å². The SMILES string of the molecule is CC1CC(=Cc2ccccc2)C(=O)C(Cl)C1. The summed E-state index contributed by atoms with van der Waals surface area (Å²) in [7, 11) is 0. The third kappa shape index (κ3) is 2.53. The van der Waals surface area contributed by atoms with Crippen LogP contribution in [-0.4, -0.2) is 11.2 Å². The smallest absolute Gasteiger partial charge is 0.176 e. The lowest BCUT2D eigenvalue weighted by Crippen LogP contribution is -2.26. The molecule has 84 valence electrons. The quantitative estimate of drug-likeness (QED) is 0.535. The van der Waals surface area contributed by atoms with E-state index in [1.54, 1.807) is 0 Å². The molecule has 0 saturated heterocycles. The fourth-order valence-corrected chi connectivity index (χ4v) is 2.55. The minimum atomic E-state index is -0.335. The standard InChI is InChI=1S/C14H15ClO/c1-10-7-12(14(16)13(15)8-10)9-11-5-3-2-4-6-11/h2-6,9-10,13H,7-8H2,1H3. The van der Waals surface area contributed by atoms with Gasteiger partial charge in [-0.2, -0.15) is 0 Å². The molecule has 2 rings (SSSR count). The Labute approximate surface area is 101 Å². The maximum atomic E-state index is 11.9. The van der Waals surface area contributed by atoms with Crippen LogP contribution < -0.4 is 0 Å². The monoisotopic (exact) mass is 234 g/mol. The van der Waals surface area contributed by atoms with Gasteiger partial charge in [-0.3, -0.25) is 4.79 Å². The van der Waals surface area contributed by atoms with Crippen LogP contribution in [0.1, 0.15) is 25.3 Å². The van der Waals surface area contributed by atoms with E-state index in [1.807, 2.05) is 36.4 Å². The van der Waals surface area contributed by atoms with E-state index in [9.17, 15) is 4.79 Å². The Kier molecular flexibility index (Phi) is 3.45. The van der Waals surface area contributed by atoms with Crippen LogP contribution in [0.2, 0.25) is 0 Å². The summed E-state index contributed by atoms with van der Waals surface area (Å²) < 4.78 is 0. The Morgan fingerprint density at radius 3 is 2.69 bits per heavy atom. The van der Waals surface area contributed by atoms with E-state index in [4.69, 9.17) is 11.6 Å². The number of hydrogen-bond acceptors (Lipinski definition) is 1. The summed E-state index contributed by atoms with van der Waals surface area (Å²) in [6.07, 6.45) is 3.61. The number of carbonyl (C=O) groups excluding carboxylic acids is 1. The topological polar surface area (TPSA) is 17.1 Å². The summed E-state index contributed by atoms with van der Waals surface area (Å²) in [5.41, 5.74) is 1.94. The van der Waals surface area contributed by atoms with Crippen molar-refractivity contribution >= 4 is 23.5 Å². The maximum absolute atomic E-state index is 11.9. The predicted octanol–water partition coefficient (Wildman–Crippen LogP) is 3.68. The fourth-order valence-electron chi connectivity index (χ4n) is 2.10. The van der Waals surface area contributed by atoms with Crippen molar-refractivity contribution in [1.82, 2.24) is 0 Å². The summed E-state index contributed by atoms with van der Waals surface area (Å²) >= 11 is 6.03. The van der Waals surface area contributed by atoms with Crippen molar-refractivity contribution in [3.05, 3.63) is 41.5 Å². The van der Waals surface area contributed by atoms with Crippen molar-refractivity contribution in [2.24, 2.45) is 5.92 Å². The van der Waals surface area contributed by atoms with Crippen LogP contribution in [0.15, 0.2) is 35.9 Å². The zero-order valence-corrected chi connectivity index (χ0v) is 10.1.